The molecule has 6 rings (SSSR count). The minimum Gasteiger partial charge on any atom is -0.507 e. The standard InChI is InChI=1S/C27H18ClFN2O4S/c1-13-10-15-11-14(6-9-20(15)35-13)24(32)22-23(17-4-2-3-5-18(17)29)31(26(34)25(22)33)27-30-19-8-7-16(28)12-21(19)36-27/h2-9,11-13,23,32H,10H2,1H3/b24-22+/t13-,23+/m0/s1. The molecule has 0 bridgehead atoms. The highest BCUT2D eigenvalue weighted by Gasteiger charge is 2.49. The lowest BCUT2D eigenvalue weighted by atomic mass is 9.94. The van der Waals surface area contributed by atoms with Gasteiger partial charge in [-0.25, -0.2) is 9.37 Å². The normalized spacial score (nSPS) is 20.7. The molecule has 4 aromatic rings. The molecule has 0 spiro atoms. The van der Waals surface area contributed by atoms with E-state index in [0.717, 1.165) is 21.8 Å². The Balaban J connectivity index is 1.55. The third kappa shape index (κ3) is 3.56. The second-order valence-electron chi connectivity index (χ2n) is 8.75. The number of carbonyl (C=O) groups is 2. The van der Waals surface area contributed by atoms with Gasteiger partial charge in [0.25, 0.3) is 5.78 Å². The number of ketones is 1. The smallest absolute Gasteiger partial charge is 0.301 e. The Hall–Kier alpha value is -3.75. The number of anilines is 1. The predicted molar refractivity (Wildman–Crippen MR) is 136 cm³/mol. The van der Waals surface area contributed by atoms with E-state index in [1.807, 2.05) is 6.92 Å². The maximum Gasteiger partial charge on any atom is 0.301 e. The van der Waals surface area contributed by atoms with Crippen LogP contribution in [0, 0.1) is 5.82 Å². The molecular formula is C27H18ClFN2O4S. The highest BCUT2D eigenvalue weighted by molar-refractivity contribution is 7.22. The number of nitrogens with zero attached hydrogens (tertiary/aromatic N) is 2. The zero-order chi connectivity index (χ0) is 25.1. The second-order valence-corrected chi connectivity index (χ2v) is 10.2. The third-order valence-electron chi connectivity index (χ3n) is 6.36. The average molecular weight is 521 g/mol. The van der Waals surface area contributed by atoms with E-state index in [1.54, 1.807) is 42.5 Å². The summed E-state index contributed by atoms with van der Waals surface area (Å²) in [7, 11) is 0. The summed E-state index contributed by atoms with van der Waals surface area (Å²) in [6.45, 7) is 1.94. The summed E-state index contributed by atoms with van der Waals surface area (Å²) >= 11 is 7.27. The number of amides is 1. The molecule has 1 amide bonds. The van der Waals surface area contributed by atoms with E-state index in [0.29, 0.717) is 33.0 Å². The lowest BCUT2D eigenvalue weighted by Crippen LogP contribution is -2.29. The largest absolute Gasteiger partial charge is 0.507 e. The average Bonchev–Trinajstić information content (AvgIpc) is 3.51. The van der Waals surface area contributed by atoms with Crippen LogP contribution in [-0.2, 0) is 16.0 Å². The highest BCUT2D eigenvalue weighted by Crippen LogP contribution is 2.45. The molecule has 3 aromatic carbocycles. The van der Waals surface area contributed by atoms with Gasteiger partial charge in [0.05, 0.1) is 15.8 Å². The second kappa shape index (κ2) is 8.43. The number of hydrogen-bond acceptors (Lipinski definition) is 6. The van der Waals surface area contributed by atoms with E-state index >= 15 is 4.39 Å². The zero-order valence-electron chi connectivity index (χ0n) is 18.9. The number of benzene rings is 3. The number of ether oxygens (including phenoxy) is 1. The van der Waals surface area contributed by atoms with Crippen molar-refractivity contribution < 1.29 is 23.8 Å². The molecule has 9 heteroatoms. The van der Waals surface area contributed by atoms with E-state index in [1.165, 1.54) is 18.2 Å². The van der Waals surface area contributed by atoms with E-state index in [-0.39, 0.29) is 28.1 Å². The summed E-state index contributed by atoms with van der Waals surface area (Å²) in [6, 6.07) is 14.9. The van der Waals surface area contributed by atoms with Crippen molar-refractivity contribution in [1.82, 2.24) is 4.98 Å². The summed E-state index contributed by atoms with van der Waals surface area (Å²) in [5.41, 5.74) is 1.69. The van der Waals surface area contributed by atoms with Gasteiger partial charge < -0.3 is 9.84 Å². The van der Waals surface area contributed by atoms with Crippen molar-refractivity contribution >= 4 is 55.7 Å². The maximum absolute atomic E-state index is 15.1. The van der Waals surface area contributed by atoms with Crippen molar-refractivity contribution in [2.75, 3.05) is 4.90 Å². The van der Waals surface area contributed by atoms with Crippen LogP contribution in [0.1, 0.15) is 29.7 Å². The van der Waals surface area contributed by atoms with Crippen molar-refractivity contribution in [1.29, 1.82) is 0 Å². The van der Waals surface area contributed by atoms with Crippen molar-refractivity contribution in [3.05, 3.63) is 93.8 Å². The van der Waals surface area contributed by atoms with Crippen LogP contribution in [0.15, 0.2) is 66.2 Å². The van der Waals surface area contributed by atoms with E-state index < -0.39 is 23.5 Å². The number of aromatic nitrogens is 1. The number of Topliss-reactive ketones (excluding diaryl/α,β-unsaturated/α-hetero) is 1. The molecule has 2 aliphatic rings. The fourth-order valence-electron chi connectivity index (χ4n) is 4.74. The van der Waals surface area contributed by atoms with E-state index in [4.69, 9.17) is 16.3 Å². The van der Waals surface area contributed by atoms with Crippen molar-refractivity contribution in [3.8, 4) is 5.75 Å². The first-order valence-corrected chi connectivity index (χ1v) is 12.4. The Labute approximate surface area is 214 Å². The molecule has 1 N–H and O–H groups in total. The number of thiazole rings is 1. The fraction of sp³-hybridized carbons (Fsp3) is 0.148. The number of carbonyl (C=O) groups excluding carboxylic acids is 2. The van der Waals surface area contributed by atoms with E-state index in [9.17, 15) is 14.7 Å². The topological polar surface area (TPSA) is 79.7 Å². The van der Waals surface area contributed by atoms with Gasteiger partial charge in [-0.3, -0.25) is 14.5 Å². The first-order valence-electron chi connectivity index (χ1n) is 11.2. The van der Waals surface area contributed by atoms with Crippen LogP contribution in [0.5, 0.6) is 5.75 Å². The molecule has 2 atom stereocenters. The monoisotopic (exact) mass is 520 g/mol. The van der Waals surface area contributed by atoms with Gasteiger partial charge in [0.15, 0.2) is 5.13 Å². The quantitative estimate of drug-likeness (QED) is 0.202. The Morgan fingerprint density at radius 1 is 1.17 bits per heavy atom. The summed E-state index contributed by atoms with van der Waals surface area (Å²) in [5, 5.41) is 12.1. The van der Waals surface area contributed by atoms with Gasteiger partial charge in [-0.15, -0.1) is 0 Å². The Morgan fingerprint density at radius 3 is 2.78 bits per heavy atom. The molecular weight excluding hydrogens is 503 g/mol. The first kappa shape index (κ1) is 22.7. The molecule has 36 heavy (non-hydrogen) atoms. The summed E-state index contributed by atoms with van der Waals surface area (Å²) in [4.78, 5) is 32.4. The molecule has 1 saturated heterocycles. The van der Waals surface area contributed by atoms with Crippen molar-refractivity contribution in [3.63, 3.8) is 0 Å². The van der Waals surface area contributed by atoms with Crippen LogP contribution < -0.4 is 9.64 Å². The van der Waals surface area contributed by atoms with Crippen LogP contribution in [0.4, 0.5) is 9.52 Å². The van der Waals surface area contributed by atoms with Gasteiger partial charge in [-0.05, 0) is 55.0 Å². The van der Waals surface area contributed by atoms with Gasteiger partial charge in [-0.1, -0.05) is 41.1 Å². The van der Waals surface area contributed by atoms with E-state index in [2.05, 4.69) is 4.98 Å². The van der Waals surface area contributed by atoms with Crippen LogP contribution >= 0.6 is 22.9 Å². The van der Waals surface area contributed by atoms with Gasteiger partial charge in [0.2, 0.25) is 0 Å². The molecule has 3 heterocycles. The summed E-state index contributed by atoms with van der Waals surface area (Å²) in [5.74, 6) is -2.09. The predicted octanol–water partition coefficient (Wildman–Crippen LogP) is 6.04. The molecule has 0 aliphatic carbocycles. The minimum absolute atomic E-state index is 0.00562. The van der Waals surface area contributed by atoms with Crippen LogP contribution in [0.3, 0.4) is 0 Å². The zero-order valence-corrected chi connectivity index (χ0v) is 20.4. The molecule has 0 saturated carbocycles. The summed E-state index contributed by atoms with van der Waals surface area (Å²) < 4.78 is 21.5. The maximum atomic E-state index is 15.1. The van der Waals surface area contributed by atoms with Gasteiger partial charge in [0.1, 0.15) is 29.5 Å². The number of aliphatic hydroxyl groups excluding tert-OH is 1. The highest BCUT2D eigenvalue weighted by atomic mass is 35.5. The first-order chi connectivity index (χ1) is 17.3. The lowest BCUT2D eigenvalue weighted by Gasteiger charge is -2.23. The van der Waals surface area contributed by atoms with Gasteiger partial charge in [0, 0.05) is 22.6 Å². The number of hydrogen-bond donors (Lipinski definition) is 1. The molecule has 180 valence electrons. The number of fused-ring (bicyclic) bond motifs is 2. The van der Waals surface area contributed by atoms with Crippen LogP contribution in [-0.4, -0.2) is 27.9 Å². The number of halogens is 2. The molecule has 0 unspecified atom stereocenters. The summed E-state index contributed by atoms with van der Waals surface area (Å²) in [6.07, 6.45) is 0.643. The third-order valence-corrected chi connectivity index (χ3v) is 7.61. The Kier molecular flexibility index (Phi) is 5.31. The van der Waals surface area contributed by atoms with Crippen LogP contribution in [0.2, 0.25) is 5.02 Å². The molecule has 2 aliphatic heterocycles. The fourth-order valence-corrected chi connectivity index (χ4v) is 6.00. The SMILES string of the molecule is C[C@H]1Cc2cc(/C(O)=C3\C(=O)C(=O)N(c4nc5ccc(Cl)cc5s4)[C@@H]3c3ccccc3F)ccc2O1. The molecule has 6 nitrogen and oxygen atoms in total. The number of aliphatic hydroxyl groups is 1. The minimum atomic E-state index is -1.20. The Bertz CT molecular complexity index is 1610. The molecule has 0 radical (unpaired) electrons. The lowest BCUT2D eigenvalue weighted by molar-refractivity contribution is -0.132. The molecule has 1 aromatic heterocycles. The number of rotatable bonds is 3. The van der Waals surface area contributed by atoms with Crippen molar-refractivity contribution in [2.45, 2.75) is 25.5 Å². The van der Waals surface area contributed by atoms with Gasteiger partial charge >= 0.3 is 5.91 Å². The van der Waals surface area contributed by atoms with Gasteiger partial charge in [-0.2, -0.15) is 0 Å². The van der Waals surface area contributed by atoms with Crippen molar-refractivity contribution in [2.24, 2.45) is 0 Å². The van der Waals surface area contributed by atoms with Crippen LogP contribution in [0.25, 0.3) is 16.0 Å². The molecule has 1 fully saturated rings. The Morgan fingerprint density at radius 2 is 1.97 bits per heavy atom.